The molecule has 0 saturated carbocycles. The van der Waals surface area contributed by atoms with Crippen LogP contribution in [0.2, 0.25) is 0 Å². The smallest absolute Gasteiger partial charge is 0.254 e. The molecule has 0 bridgehead atoms. The van der Waals surface area contributed by atoms with Crippen molar-refractivity contribution in [3.63, 3.8) is 0 Å². The molecule has 0 unspecified atom stereocenters. The SMILES string of the molecule is CC[C@H](c1cccnc1)N(C)C(=O)c1ccc(Cn2nc(C)cc2C)cc1. The Balaban J connectivity index is 1.74. The van der Waals surface area contributed by atoms with Crippen molar-refractivity contribution in [1.29, 1.82) is 0 Å². The highest BCUT2D eigenvalue weighted by Crippen LogP contribution is 2.24. The van der Waals surface area contributed by atoms with Gasteiger partial charge in [-0.1, -0.05) is 25.1 Å². The summed E-state index contributed by atoms with van der Waals surface area (Å²) in [6.07, 6.45) is 4.42. The van der Waals surface area contributed by atoms with Gasteiger partial charge in [0.05, 0.1) is 18.3 Å². The summed E-state index contributed by atoms with van der Waals surface area (Å²) < 4.78 is 1.98. The molecule has 0 saturated heterocycles. The van der Waals surface area contributed by atoms with Gasteiger partial charge in [0, 0.05) is 30.7 Å². The topological polar surface area (TPSA) is 51.0 Å². The first-order valence-corrected chi connectivity index (χ1v) is 9.26. The van der Waals surface area contributed by atoms with E-state index in [0.29, 0.717) is 12.1 Å². The lowest BCUT2D eigenvalue weighted by molar-refractivity contribution is 0.0726. The zero-order chi connectivity index (χ0) is 19.4. The van der Waals surface area contributed by atoms with E-state index in [9.17, 15) is 4.79 Å². The highest BCUT2D eigenvalue weighted by molar-refractivity contribution is 5.94. The Labute approximate surface area is 160 Å². The van der Waals surface area contributed by atoms with Gasteiger partial charge in [0.25, 0.3) is 5.91 Å². The van der Waals surface area contributed by atoms with Gasteiger partial charge in [0.15, 0.2) is 0 Å². The van der Waals surface area contributed by atoms with E-state index >= 15 is 0 Å². The van der Waals surface area contributed by atoms with Gasteiger partial charge in [0.1, 0.15) is 0 Å². The van der Waals surface area contributed by atoms with Crippen LogP contribution in [0.5, 0.6) is 0 Å². The van der Waals surface area contributed by atoms with Crippen LogP contribution < -0.4 is 0 Å². The van der Waals surface area contributed by atoms with Gasteiger partial charge in [-0.3, -0.25) is 14.5 Å². The molecule has 5 heteroatoms. The van der Waals surface area contributed by atoms with E-state index in [1.807, 2.05) is 61.2 Å². The fourth-order valence-electron chi connectivity index (χ4n) is 3.41. The van der Waals surface area contributed by atoms with E-state index < -0.39 is 0 Å². The highest BCUT2D eigenvalue weighted by Gasteiger charge is 2.21. The van der Waals surface area contributed by atoms with Gasteiger partial charge < -0.3 is 4.90 Å². The number of nitrogens with zero attached hydrogens (tertiary/aromatic N) is 4. The Morgan fingerprint density at radius 2 is 1.93 bits per heavy atom. The highest BCUT2D eigenvalue weighted by atomic mass is 16.2. The van der Waals surface area contributed by atoms with Gasteiger partial charge >= 0.3 is 0 Å². The number of hydrogen-bond acceptors (Lipinski definition) is 3. The monoisotopic (exact) mass is 362 g/mol. The number of carbonyl (C=O) groups excluding carboxylic acids is 1. The summed E-state index contributed by atoms with van der Waals surface area (Å²) in [5.41, 5.74) is 5.02. The number of pyridine rings is 1. The van der Waals surface area contributed by atoms with E-state index in [2.05, 4.69) is 30.0 Å². The number of aryl methyl sites for hydroxylation is 2. The number of rotatable bonds is 6. The maximum absolute atomic E-state index is 12.9. The molecule has 27 heavy (non-hydrogen) atoms. The molecule has 0 spiro atoms. The molecule has 1 amide bonds. The molecule has 0 aliphatic carbocycles. The average Bonchev–Trinajstić information content (AvgIpc) is 3.00. The summed E-state index contributed by atoms with van der Waals surface area (Å²) in [7, 11) is 1.85. The Bertz CT molecular complexity index is 900. The lowest BCUT2D eigenvalue weighted by atomic mass is 10.0. The van der Waals surface area contributed by atoms with Crippen LogP contribution in [0.4, 0.5) is 0 Å². The van der Waals surface area contributed by atoms with E-state index in [-0.39, 0.29) is 11.9 Å². The Morgan fingerprint density at radius 1 is 1.19 bits per heavy atom. The molecule has 5 nitrogen and oxygen atoms in total. The second-order valence-corrected chi connectivity index (χ2v) is 6.91. The molecular formula is C22H26N4O. The van der Waals surface area contributed by atoms with Crippen molar-refractivity contribution in [2.45, 2.75) is 39.8 Å². The van der Waals surface area contributed by atoms with Crippen LogP contribution in [-0.2, 0) is 6.54 Å². The number of hydrogen-bond donors (Lipinski definition) is 0. The molecule has 3 aromatic rings. The zero-order valence-corrected chi connectivity index (χ0v) is 16.4. The van der Waals surface area contributed by atoms with Gasteiger partial charge in [-0.25, -0.2) is 0 Å². The van der Waals surface area contributed by atoms with Gasteiger partial charge in [-0.2, -0.15) is 5.10 Å². The van der Waals surface area contributed by atoms with Crippen LogP contribution in [0.25, 0.3) is 0 Å². The molecule has 0 aliphatic rings. The average molecular weight is 362 g/mol. The van der Waals surface area contributed by atoms with Crippen LogP contribution in [-0.4, -0.2) is 32.6 Å². The molecule has 0 aliphatic heterocycles. The quantitative estimate of drug-likeness (QED) is 0.661. The molecule has 140 valence electrons. The van der Waals surface area contributed by atoms with E-state index in [4.69, 9.17) is 0 Å². The Hall–Kier alpha value is -2.95. The first kappa shape index (κ1) is 18.8. The molecule has 1 aromatic carbocycles. The molecule has 2 heterocycles. The van der Waals surface area contributed by atoms with Gasteiger partial charge in [-0.15, -0.1) is 0 Å². The molecule has 0 N–H and O–H groups in total. The fraction of sp³-hybridized carbons (Fsp3) is 0.318. The van der Waals surface area contributed by atoms with Crippen molar-refractivity contribution < 1.29 is 4.79 Å². The molecule has 1 atom stereocenters. The number of carbonyl (C=O) groups is 1. The number of amides is 1. The van der Waals surface area contributed by atoms with Crippen LogP contribution in [0.15, 0.2) is 54.9 Å². The van der Waals surface area contributed by atoms with E-state index in [1.54, 1.807) is 11.1 Å². The van der Waals surface area contributed by atoms with Crippen molar-refractivity contribution in [2.24, 2.45) is 0 Å². The van der Waals surface area contributed by atoms with Crippen molar-refractivity contribution in [2.75, 3.05) is 7.05 Å². The molecule has 3 rings (SSSR count). The second-order valence-electron chi connectivity index (χ2n) is 6.91. The van der Waals surface area contributed by atoms with Gasteiger partial charge in [0.2, 0.25) is 0 Å². The standard InChI is InChI=1S/C22H26N4O/c1-5-21(20-7-6-12-23-14-20)25(4)22(27)19-10-8-18(9-11-19)15-26-17(3)13-16(2)24-26/h6-14,21H,5,15H2,1-4H3/t21-/m1/s1. The molecule has 2 aromatic heterocycles. The van der Waals surface area contributed by atoms with E-state index in [0.717, 1.165) is 28.9 Å². The second kappa shape index (κ2) is 8.16. The normalized spacial score (nSPS) is 12.0. The number of benzene rings is 1. The van der Waals surface area contributed by atoms with Crippen molar-refractivity contribution in [1.82, 2.24) is 19.7 Å². The van der Waals surface area contributed by atoms with Crippen molar-refractivity contribution >= 4 is 5.91 Å². The van der Waals surface area contributed by atoms with Crippen LogP contribution in [0.1, 0.15) is 52.3 Å². The largest absolute Gasteiger partial charge is 0.335 e. The summed E-state index contributed by atoms with van der Waals surface area (Å²) in [6, 6.07) is 13.8. The maximum atomic E-state index is 12.9. The summed E-state index contributed by atoms with van der Waals surface area (Å²) >= 11 is 0. The lowest BCUT2D eigenvalue weighted by Crippen LogP contribution is -2.31. The Kier molecular flexibility index (Phi) is 5.69. The predicted octanol–water partition coefficient (Wildman–Crippen LogP) is 4.17. The van der Waals surface area contributed by atoms with Crippen LogP contribution in [0, 0.1) is 13.8 Å². The Morgan fingerprint density at radius 3 is 2.48 bits per heavy atom. The summed E-state index contributed by atoms with van der Waals surface area (Å²) in [5, 5.41) is 4.49. The third-order valence-electron chi connectivity index (χ3n) is 4.88. The summed E-state index contributed by atoms with van der Waals surface area (Å²) in [4.78, 5) is 18.9. The minimum absolute atomic E-state index is 0.0144. The van der Waals surface area contributed by atoms with E-state index in [1.165, 1.54) is 0 Å². The minimum Gasteiger partial charge on any atom is -0.335 e. The molecule has 0 radical (unpaired) electrons. The van der Waals surface area contributed by atoms with Crippen molar-refractivity contribution in [3.05, 3.63) is 82.9 Å². The molecular weight excluding hydrogens is 336 g/mol. The van der Waals surface area contributed by atoms with Crippen molar-refractivity contribution in [3.8, 4) is 0 Å². The summed E-state index contributed by atoms with van der Waals surface area (Å²) in [6.45, 7) is 6.83. The first-order valence-electron chi connectivity index (χ1n) is 9.26. The number of aromatic nitrogens is 3. The molecule has 0 fully saturated rings. The van der Waals surface area contributed by atoms with Crippen LogP contribution >= 0.6 is 0 Å². The fourth-order valence-corrected chi connectivity index (χ4v) is 3.41. The zero-order valence-electron chi connectivity index (χ0n) is 16.4. The third-order valence-corrected chi connectivity index (χ3v) is 4.88. The third kappa shape index (κ3) is 4.25. The minimum atomic E-state index is 0.0144. The van der Waals surface area contributed by atoms with Crippen LogP contribution in [0.3, 0.4) is 0 Å². The van der Waals surface area contributed by atoms with Gasteiger partial charge in [-0.05, 0) is 55.7 Å². The summed E-state index contributed by atoms with van der Waals surface area (Å²) in [5.74, 6) is 0.0170. The predicted molar refractivity (Wildman–Crippen MR) is 107 cm³/mol. The first-order chi connectivity index (χ1) is 13.0. The lowest BCUT2D eigenvalue weighted by Gasteiger charge is -2.27. The maximum Gasteiger partial charge on any atom is 0.254 e.